The molecule has 0 aromatic carbocycles. The Morgan fingerprint density at radius 3 is 0.903 bits per heavy atom. The van der Waals surface area contributed by atoms with Crippen molar-refractivity contribution >= 4 is 89.2 Å². The summed E-state index contributed by atoms with van der Waals surface area (Å²) in [6.07, 6.45) is -11.3. The van der Waals surface area contributed by atoms with Crippen molar-refractivity contribution in [3.05, 3.63) is 0 Å². The van der Waals surface area contributed by atoms with E-state index in [0.29, 0.717) is 84.0 Å². The Kier molecular flexibility index (Phi) is 41.4. The van der Waals surface area contributed by atoms with Crippen LogP contribution in [-0.2, 0) is 143 Å². The fourth-order valence-electron chi connectivity index (χ4n) is 11.2. The van der Waals surface area contributed by atoms with Gasteiger partial charge < -0.3 is 108 Å². The molecule has 3 fully saturated rings. The highest BCUT2D eigenvalue weighted by Crippen LogP contribution is 2.32. The summed E-state index contributed by atoms with van der Waals surface area (Å²) in [6, 6.07) is -3.49. The molecule has 0 aliphatic carbocycles. The van der Waals surface area contributed by atoms with Gasteiger partial charge >= 0.3 is 53.7 Å². The number of nitrogens with zero attached hydrogens (tertiary/aromatic N) is 1. The Morgan fingerprint density at radius 1 is 0.320 bits per heavy atom. The summed E-state index contributed by atoms with van der Waals surface area (Å²) in [5.74, 6) is -8.91. The Labute approximate surface area is 598 Å². The molecule has 6 N–H and O–H groups in total. The molecule has 0 radical (unpaired) electrons. The van der Waals surface area contributed by atoms with Gasteiger partial charge in [0.15, 0.2) is 55.5 Å². The number of amides is 6. The first-order valence-corrected chi connectivity index (χ1v) is 34.3. The molecule has 7 unspecified atom stereocenters. The summed E-state index contributed by atoms with van der Waals surface area (Å²) in [7, 11) is 0. The predicted molar refractivity (Wildman–Crippen MR) is 351 cm³/mol. The van der Waals surface area contributed by atoms with Crippen molar-refractivity contribution in [2.24, 2.45) is 0 Å². The average molecular weight is 1480 g/mol. The predicted octanol–water partition coefficient (Wildman–Crippen LogP) is -0.664. The number of carbonyl (C=O) groups is 15. The van der Waals surface area contributed by atoms with Crippen LogP contribution in [0.2, 0.25) is 0 Å². The second-order valence-corrected chi connectivity index (χ2v) is 24.5. The highest BCUT2D eigenvalue weighted by Gasteiger charge is 2.54. The number of unbranched alkanes of at least 4 members (excludes halogenated alkanes) is 3. The van der Waals surface area contributed by atoms with Gasteiger partial charge in [-0.2, -0.15) is 0 Å². The van der Waals surface area contributed by atoms with Crippen molar-refractivity contribution in [2.45, 2.75) is 252 Å². The normalized spacial score (nSPS) is 24.2. The maximum atomic E-state index is 13.9. The van der Waals surface area contributed by atoms with Crippen LogP contribution < -0.4 is 31.9 Å². The van der Waals surface area contributed by atoms with Gasteiger partial charge in [0.25, 0.3) is 0 Å². The molecule has 0 spiro atoms. The van der Waals surface area contributed by atoms with E-state index in [0.717, 1.165) is 55.4 Å². The van der Waals surface area contributed by atoms with Crippen molar-refractivity contribution in [1.29, 1.82) is 0 Å². The molecule has 3 aliphatic rings. The summed E-state index contributed by atoms with van der Waals surface area (Å²) in [4.78, 5) is 187. The lowest BCUT2D eigenvalue weighted by atomic mass is 9.96. The molecule has 37 heteroatoms. The molecular formula is C66H105N7O30. The number of esters is 9. The van der Waals surface area contributed by atoms with Crippen molar-refractivity contribution in [2.75, 3.05) is 78.9 Å². The van der Waals surface area contributed by atoms with Gasteiger partial charge in [0.1, 0.15) is 56.3 Å². The van der Waals surface area contributed by atoms with Gasteiger partial charge in [0.2, 0.25) is 35.4 Å². The molecule has 0 saturated carbocycles. The van der Waals surface area contributed by atoms with Crippen LogP contribution in [0.4, 0.5) is 0 Å². The first kappa shape index (κ1) is 89.0. The fourth-order valence-corrected chi connectivity index (χ4v) is 11.2. The third-order valence-corrected chi connectivity index (χ3v) is 15.4. The average Bonchev–Trinajstić information content (AvgIpc) is 0.802. The van der Waals surface area contributed by atoms with Gasteiger partial charge in [-0.3, -0.25) is 71.9 Å². The van der Waals surface area contributed by atoms with Gasteiger partial charge in [-0.05, 0) is 70.9 Å². The number of ether oxygens (including phenoxy) is 15. The van der Waals surface area contributed by atoms with Gasteiger partial charge in [0.05, 0.1) is 0 Å². The number of hydrogen-bond donors (Lipinski definition) is 6. The smallest absolute Gasteiger partial charge is 0.303 e. The summed E-state index contributed by atoms with van der Waals surface area (Å²) < 4.78 is 84.5. The van der Waals surface area contributed by atoms with Crippen LogP contribution in [0.5, 0.6) is 0 Å². The lowest BCUT2D eigenvalue weighted by Crippen LogP contribution is -2.66. The van der Waals surface area contributed by atoms with Crippen LogP contribution in [0, 0.1) is 0 Å². The number of rotatable bonds is 45. The standard InChI is InChI=1S/C66H105N7O30/c1-37(74)70-55-61(98-46(10)83)58(95-43(7)80)49(34-92-40(4)77)101-64(55)89-31-16-13-22-52(86)68-27-19-25-67-26-20-29-73(54(88)24-15-18-33-91-66-57(72-39(3)76)63(100-48(12)85)60(97-45(9)82)51(103-66)36-94-42(6)79)30-21-28-69-53(87)23-14-17-32-90-65-56(71-38(2)75)62(99-47(11)84)59(96-44(8)81)50(102-65)35-93-41(5)78/h49-51,55-67H,13-36H2,1-12H3,(H,68,86)(H,69,87)(H,70,74)(H,71,75)(H,72,76)/t49?,50?,51?,55-,56-,57?,58-,59-,60-,61?,62?,63?,64+,65+,66+/m0/s1. The minimum absolute atomic E-state index is 0.00663. The van der Waals surface area contributed by atoms with E-state index in [1.54, 1.807) is 4.90 Å². The lowest BCUT2D eigenvalue weighted by Gasteiger charge is -2.44. The van der Waals surface area contributed by atoms with Gasteiger partial charge in [-0.25, -0.2) is 0 Å². The van der Waals surface area contributed by atoms with E-state index < -0.39 is 183 Å². The molecule has 6 amide bonds. The maximum Gasteiger partial charge on any atom is 0.303 e. The zero-order chi connectivity index (χ0) is 76.7. The summed E-state index contributed by atoms with van der Waals surface area (Å²) >= 11 is 0. The van der Waals surface area contributed by atoms with Crippen LogP contribution in [0.1, 0.15) is 160 Å². The molecule has 3 saturated heterocycles. The zero-order valence-corrected chi connectivity index (χ0v) is 60.8. The van der Waals surface area contributed by atoms with Crippen LogP contribution >= 0.6 is 0 Å². The lowest BCUT2D eigenvalue weighted by molar-refractivity contribution is -0.277. The second kappa shape index (κ2) is 47.9. The topological polar surface area (TPSA) is 470 Å². The highest BCUT2D eigenvalue weighted by molar-refractivity contribution is 5.78. The molecule has 0 aromatic heterocycles. The van der Waals surface area contributed by atoms with E-state index >= 15 is 0 Å². The largest absolute Gasteiger partial charge is 0.463 e. The highest BCUT2D eigenvalue weighted by atomic mass is 16.7. The molecule has 37 nitrogen and oxygen atoms in total. The van der Waals surface area contributed by atoms with E-state index in [4.69, 9.17) is 71.1 Å². The number of hydrogen-bond acceptors (Lipinski definition) is 31. The second-order valence-electron chi connectivity index (χ2n) is 24.5. The van der Waals surface area contributed by atoms with E-state index in [2.05, 4.69) is 31.9 Å². The third kappa shape index (κ3) is 35.7. The molecular weight excluding hydrogens is 1370 g/mol. The molecule has 584 valence electrons. The van der Waals surface area contributed by atoms with Gasteiger partial charge in [-0.15, -0.1) is 0 Å². The Morgan fingerprint density at radius 2 is 0.602 bits per heavy atom. The minimum atomic E-state index is -1.33. The van der Waals surface area contributed by atoms with Gasteiger partial charge in [0, 0.05) is 148 Å². The molecule has 3 heterocycles. The fraction of sp³-hybridized carbons (Fsp3) is 0.773. The van der Waals surface area contributed by atoms with E-state index in [1.807, 2.05) is 0 Å². The van der Waals surface area contributed by atoms with Crippen LogP contribution in [0.15, 0.2) is 0 Å². The minimum Gasteiger partial charge on any atom is -0.463 e. The van der Waals surface area contributed by atoms with E-state index in [-0.39, 0.29) is 69.9 Å². The SMILES string of the molecule is CC(=O)NC1C(OC(C)=O)[C@@H](OC(C)=O)C(COC(C)=O)O[C@H]1OCCCCC(=O)N(CCCNCCCNC(=O)CCCCO[C@@H]1OC(COC(C)=O)[C@H](OC(C)=O)C(OC(C)=O)[C@@H]1NC(C)=O)CCCNC(=O)CCCCO[C@@H]1OC(COC(C)=O)[C@H](OC(C)=O)C(OC(C)=O)[C@@H]1NC(C)=O. The first-order valence-electron chi connectivity index (χ1n) is 34.3. The van der Waals surface area contributed by atoms with Crippen LogP contribution in [-0.4, -0.2) is 265 Å². The molecule has 0 bridgehead atoms. The quantitative estimate of drug-likeness (QED) is 0.0250. The van der Waals surface area contributed by atoms with Crippen molar-refractivity contribution < 1.29 is 143 Å². The Bertz CT molecular complexity index is 2810. The summed E-state index contributed by atoms with van der Waals surface area (Å²) in [5, 5.41) is 17.0. The zero-order valence-electron chi connectivity index (χ0n) is 60.8. The van der Waals surface area contributed by atoms with Crippen LogP contribution in [0.25, 0.3) is 0 Å². The molecule has 15 atom stereocenters. The van der Waals surface area contributed by atoms with Crippen LogP contribution in [0.3, 0.4) is 0 Å². The maximum absolute atomic E-state index is 13.9. The number of nitrogens with one attached hydrogen (secondary N) is 6. The Hall–Kier alpha value is -8.23. The summed E-state index contributed by atoms with van der Waals surface area (Å²) in [6.45, 7) is 14.8. The molecule has 3 rings (SSSR count). The molecule has 3 aliphatic heterocycles. The summed E-state index contributed by atoms with van der Waals surface area (Å²) in [5.41, 5.74) is 0. The third-order valence-electron chi connectivity index (χ3n) is 15.4. The van der Waals surface area contributed by atoms with Gasteiger partial charge in [-0.1, -0.05) is 0 Å². The van der Waals surface area contributed by atoms with Crippen molar-refractivity contribution in [1.82, 2.24) is 36.8 Å². The monoisotopic (exact) mass is 1480 g/mol. The Balaban J connectivity index is 1.59. The van der Waals surface area contributed by atoms with E-state index in [1.165, 1.54) is 27.7 Å². The van der Waals surface area contributed by atoms with Crippen molar-refractivity contribution in [3.63, 3.8) is 0 Å². The number of carbonyl (C=O) groups excluding carboxylic acids is 15. The first-order chi connectivity index (χ1) is 48.8. The molecule has 103 heavy (non-hydrogen) atoms. The van der Waals surface area contributed by atoms with Crippen molar-refractivity contribution in [3.8, 4) is 0 Å². The van der Waals surface area contributed by atoms with E-state index in [9.17, 15) is 71.9 Å². The molecule has 0 aromatic rings.